The zero-order valence-corrected chi connectivity index (χ0v) is 16.0. The van der Waals surface area contributed by atoms with Crippen molar-refractivity contribution >= 4 is 22.8 Å². The van der Waals surface area contributed by atoms with Crippen molar-refractivity contribution in [2.75, 3.05) is 18.0 Å². The van der Waals surface area contributed by atoms with Crippen molar-refractivity contribution in [2.45, 2.75) is 13.0 Å². The van der Waals surface area contributed by atoms with Gasteiger partial charge in [0.25, 0.3) is 5.91 Å². The first-order valence-electron chi connectivity index (χ1n) is 9.62. The van der Waals surface area contributed by atoms with Crippen LogP contribution in [0.5, 0.6) is 0 Å². The number of H-pyrrole nitrogens is 1. The minimum absolute atomic E-state index is 0.0722. The van der Waals surface area contributed by atoms with Gasteiger partial charge in [0.05, 0.1) is 17.3 Å². The fraction of sp³-hybridized carbons (Fsp3) is 0.182. The molecule has 0 saturated heterocycles. The minimum atomic E-state index is -0.102. The van der Waals surface area contributed by atoms with E-state index >= 15 is 0 Å². The lowest BCUT2D eigenvalue weighted by Gasteiger charge is -2.30. The van der Waals surface area contributed by atoms with E-state index in [1.807, 2.05) is 42.5 Å². The second-order valence-corrected chi connectivity index (χ2v) is 7.08. The number of amides is 1. The zero-order chi connectivity index (χ0) is 19.8. The molecule has 1 aliphatic heterocycles. The van der Waals surface area contributed by atoms with Crippen LogP contribution in [0, 0.1) is 0 Å². The molecule has 5 rings (SSSR count). The summed E-state index contributed by atoms with van der Waals surface area (Å²) in [6, 6.07) is 17.8. The lowest BCUT2D eigenvalue weighted by atomic mass is 10.1. The van der Waals surface area contributed by atoms with E-state index in [0.29, 0.717) is 35.8 Å². The number of hydrogen-bond acceptors (Lipinski definition) is 5. The van der Waals surface area contributed by atoms with E-state index in [9.17, 15) is 4.79 Å². The number of nitrogens with zero attached hydrogens (tertiary/aromatic N) is 4. The van der Waals surface area contributed by atoms with Gasteiger partial charge in [-0.15, -0.1) is 0 Å². The number of nitrogens with one attached hydrogen (secondary N) is 2. The van der Waals surface area contributed by atoms with E-state index in [1.165, 1.54) is 5.56 Å². The number of carbonyl (C=O) groups is 1. The van der Waals surface area contributed by atoms with Crippen molar-refractivity contribution in [1.82, 2.24) is 25.5 Å². The molecule has 7 nitrogen and oxygen atoms in total. The van der Waals surface area contributed by atoms with Gasteiger partial charge in [-0.05, 0) is 36.8 Å². The number of rotatable bonds is 3. The second-order valence-electron chi connectivity index (χ2n) is 7.08. The first-order valence-corrected chi connectivity index (χ1v) is 9.62. The van der Waals surface area contributed by atoms with Gasteiger partial charge in [0, 0.05) is 24.7 Å². The van der Waals surface area contributed by atoms with Crippen molar-refractivity contribution in [3.05, 3.63) is 71.9 Å². The Labute approximate surface area is 167 Å². The molecule has 29 heavy (non-hydrogen) atoms. The molecule has 0 spiro atoms. The molecule has 0 fully saturated rings. The van der Waals surface area contributed by atoms with E-state index in [1.54, 1.807) is 6.20 Å². The maximum Gasteiger partial charge on any atom is 0.255 e. The Balaban J connectivity index is 1.64. The Morgan fingerprint density at radius 2 is 1.93 bits per heavy atom. The summed E-state index contributed by atoms with van der Waals surface area (Å²) in [6.45, 7) is 3.38. The molecule has 0 bridgehead atoms. The monoisotopic (exact) mass is 384 g/mol. The Bertz CT molecular complexity index is 1190. The van der Waals surface area contributed by atoms with E-state index in [4.69, 9.17) is 4.98 Å². The Kier molecular flexibility index (Phi) is 4.20. The molecule has 7 heteroatoms. The number of aromatic amines is 1. The maximum atomic E-state index is 12.6. The van der Waals surface area contributed by atoms with Gasteiger partial charge in [0.15, 0.2) is 5.65 Å². The van der Waals surface area contributed by atoms with Crippen molar-refractivity contribution in [3.63, 3.8) is 0 Å². The number of fused-ring (bicyclic) bond motifs is 2. The van der Waals surface area contributed by atoms with E-state index in [2.05, 4.69) is 44.5 Å². The average Bonchev–Trinajstić information content (AvgIpc) is 3.13. The topological polar surface area (TPSA) is 86.8 Å². The first kappa shape index (κ1) is 17.4. The summed E-state index contributed by atoms with van der Waals surface area (Å²) in [6.07, 6.45) is 1.72. The Morgan fingerprint density at radius 1 is 1.07 bits per heavy atom. The molecule has 0 unspecified atom stereocenters. The molecule has 0 saturated carbocycles. The predicted octanol–water partition coefficient (Wildman–Crippen LogP) is 3.33. The van der Waals surface area contributed by atoms with E-state index < -0.39 is 0 Å². The molecule has 4 aromatic rings. The molecule has 0 radical (unpaired) electrons. The van der Waals surface area contributed by atoms with Gasteiger partial charge < -0.3 is 10.2 Å². The van der Waals surface area contributed by atoms with E-state index in [0.717, 1.165) is 11.1 Å². The number of benzene rings is 1. The van der Waals surface area contributed by atoms with Crippen molar-refractivity contribution in [3.8, 4) is 11.4 Å². The fourth-order valence-electron chi connectivity index (χ4n) is 3.81. The summed E-state index contributed by atoms with van der Waals surface area (Å²) in [5.74, 6) is 0.573. The Hall–Kier alpha value is -3.74. The number of anilines is 1. The third-order valence-corrected chi connectivity index (χ3v) is 5.36. The smallest absolute Gasteiger partial charge is 0.255 e. The molecule has 3 aromatic heterocycles. The molecule has 1 amide bonds. The highest BCUT2D eigenvalue weighted by atomic mass is 16.1. The van der Waals surface area contributed by atoms with Crippen LogP contribution in [0.3, 0.4) is 0 Å². The van der Waals surface area contributed by atoms with Crippen LogP contribution < -0.4 is 10.2 Å². The number of aromatic nitrogens is 4. The quantitative estimate of drug-likeness (QED) is 0.566. The SMILES string of the molecule is C[C@@H](c1ccccc1)N1CCNC(=O)c2ccc(-c3n[nH]c4ncccc34)nc21. The molecular weight excluding hydrogens is 364 g/mol. The van der Waals surface area contributed by atoms with Gasteiger partial charge >= 0.3 is 0 Å². The fourth-order valence-corrected chi connectivity index (χ4v) is 3.81. The molecule has 144 valence electrons. The zero-order valence-electron chi connectivity index (χ0n) is 16.0. The van der Waals surface area contributed by atoms with Gasteiger partial charge in [0.1, 0.15) is 11.5 Å². The van der Waals surface area contributed by atoms with Crippen LogP contribution in [-0.4, -0.2) is 39.2 Å². The molecule has 0 aliphatic carbocycles. The van der Waals surface area contributed by atoms with Crippen LogP contribution >= 0.6 is 0 Å². The summed E-state index contributed by atoms with van der Waals surface area (Å²) in [4.78, 5) is 24.0. The summed E-state index contributed by atoms with van der Waals surface area (Å²) in [5, 5.41) is 11.2. The van der Waals surface area contributed by atoms with Crippen LogP contribution in [0.2, 0.25) is 0 Å². The predicted molar refractivity (Wildman–Crippen MR) is 112 cm³/mol. The van der Waals surface area contributed by atoms with Gasteiger partial charge in [-0.2, -0.15) is 5.10 Å². The van der Waals surface area contributed by atoms with Crippen LogP contribution in [0.25, 0.3) is 22.4 Å². The molecule has 1 atom stereocenters. The molecule has 4 heterocycles. The van der Waals surface area contributed by atoms with Gasteiger partial charge in [-0.25, -0.2) is 9.97 Å². The third kappa shape index (κ3) is 3.00. The standard InChI is InChI=1S/C22H20N6O/c1-14(15-6-3-2-4-7-15)28-13-12-24-22(29)17-9-10-18(25-21(17)28)19-16-8-5-11-23-20(16)27-26-19/h2-11,14H,12-13H2,1H3,(H,24,29)(H,23,26,27)/t14-/m0/s1. The second kappa shape index (κ2) is 7.01. The highest BCUT2D eigenvalue weighted by Gasteiger charge is 2.27. The van der Waals surface area contributed by atoms with E-state index in [-0.39, 0.29) is 11.9 Å². The van der Waals surface area contributed by atoms with Crippen LogP contribution in [0.1, 0.15) is 28.9 Å². The van der Waals surface area contributed by atoms with Crippen LogP contribution in [0.15, 0.2) is 60.8 Å². The average molecular weight is 384 g/mol. The lowest BCUT2D eigenvalue weighted by molar-refractivity contribution is 0.0958. The number of pyridine rings is 2. The largest absolute Gasteiger partial charge is 0.350 e. The highest BCUT2D eigenvalue weighted by Crippen LogP contribution is 2.32. The molecular formula is C22H20N6O. The van der Waals surface area contributed by atoms with Crippen molar-refractivity contribution < 1.29 is 4.79 Å². The molecule has 1 aromatic carbocycles. The normalized spacial score (nSPS) is 14.9. The lowest BCUT2D eigenvalue weighted by Crippen LogP contribution is -2.32. The number of carbonyl (C=O) groups excluding carboxylic acids is 1. The summed E-state index contributed by atoms with van der Waals surface area (Å²) in [5.41, 5.74) is 3.91. The Morgan fingerprint density at radius 3 is 2.79 bits per heavy atom. The maximum absolute atomic E-state index is 12.6. The minimum Gasteiger partial charge on any atom is -0.350 e. The third-order valence-electron chi connectivity index (χ3n) is 5.36. The molecule has 2 N–H and O–H groups in total. The number of hydrogen-bond donors (Lipinski definition) is 2. The van der Waals surface area contributed by atoms with Crippen molar-refractivity contribution in [1.29, 1.82) is 0 Å². The summed E-state index contributed by atoms with van der Waals surface area (Å²) >= 11 is 0. The van der Waals surface area contributed by atoms with Gasteiger partial charge in [0.2, 0.25) is 0 Å². The van der Waals surface area contributed by atoms with Crippen molar-refractivity contribution in [2.24, 2.45) is 0 Å². The summed E-state index contributed by atoms with van der Waals surface area (Å²) in [7, 11) is 0. The van der Waals surface area contributed by atoms with Crippen LogP contribution in [-0.2, 0) is 0 Å². The van der Waals surface area contributed by atoms with Crippen LogP contribution in [0.4, 0.5) is 5.82 Å². The van der Waals surface area contributed by atoms with Gasteiger partial charge in [-0.3, -0.25) is 9.89 Å². The summed E-state index contributed by atoms with van der Waals surface area (Å²) < 4.78 is 0. The molecule has 1 aliphatic rings. The van der Waals surface area contributed by atoms with Gasteiger partial charge in [-0.1, -0.05) is 30.3 Å². The first-order chi connectivity index (χ1) is 14.2. The highest BCUT2D eigenvalue weighted by molar-refractivity contribution is 6.00.